The number of anilines is 1. The van der Waals surface area contributed by atoms with Crippen LogP contribution in [0.15, 0.2) is 18.2 Å². The van der Waals surface area contributed by atoms with Gasteiger partial charge in [0, 0.05) is 25.2 Å². The summed E-state index contributed by atoms with van der Waals surface area (Å²) in [5.74, 6) is 0.0801. The lowest BCUT2D eigenvalue weighted by Gasteiger charge is -2.22. The van der Waals surface area contributed by atoms with E-state index < -0.39 is 11.7 Å². The number of benzene rings is 1. The van der Waals surface area contributed by atoms with Crippen LogP contribution >= 0.6 is 0 Å². The smallest absolute Gasteiger partial charge is 0.407 e. The van der Waals surface area contributed by atoms with E-state index in [9.17, 15) is 9.59 Å². The quantitative estimate of drug-likeness (QED) is 0.932. The first-order valence-electron chi connectivity index (χ1n) is 8.05. The predicted molar refractivity (Wildman–Crippen MR) is 90.7 cm³/mol. The molecular formula is C18H26N2O3. The molecule has 1 aliphatic rings. The second kappa shape index (κ2) is 6.60. The lowest BCUT2D eigenvalue weighted by molar-refractivity contribution is -0.116. The number of amides is 2. The van der Waals surface area contributed by atoms with E-state index >= 15 is 0 Å². The van der Waals surface area contributed by atoms with Gasteiger partial charge in [0.2, 0.25) is 5.91 Å². The van der Waals surface area contributed by atoms with Gasteiger partial charge in [-0.15, -0.1) is 0 Å². The molecule has 0 aromatic heterocycles. The maximum absolute atomic E-state index is 11.8. The number of hydrogen-bond acceptors (Lipinski definition) is 3. The fraction of sp³-hybridized carbons (Fsp3) is 0.556. The van der Waals surface area contributed by atoms with Crippen LogP contribution in [0.3, 0.4) is 0 Å². The van der Waals surface area contributed by atoms with Crippen molar-refractivity contribution in [3.05, 3.63) is 29.3 Å². The number of carbonyl (C=O) groups is 2. The predicted octanol–water partition coefficient (Wildman–Crippen LogP) is 3.05. The summed E-state index contributed by atoms with van der Waals surface area (Å²) < 4.78 is 5.27. The van der Waals surface area contributed by atoms with Gasteiger partial charge in [0.1, 0.15) is 5.60 Å². The molecule has 1 N–H and O–H groups in total. The van der Waals surface area contributed by atoms with Gasteiger partial charge in [-0.3, -0.25) is 4.79 Å². The number of rotatable bonds is 3. The van der Waals surface area contributed by atoms with Crippen molar-refractivity contribution in [2.24, 2.45) is 0 Å². The maximum Gasteiger partial charge on any atom is 0.407 e. The summed E-state index contributed by atoms with van der Waals surface area (Å²) in [7, 11) is 0. The van der Waals surface area contributed by atoms with Crippen LogP contribution < -0.4 is 10.2 Å². The van der Waals surface area contributed by atoms with E-state index in [2.05, 4.69) is 11.4 Å². The summed E-state index contributed by atoms with van der Waals surface area (Å²) in [6.45, 7) is 9.84. The third-order valence-electron chi connectivity index (χ3n) is 3.72. The summed E-state index contributed by atoms with van der Waals surface area (Å²) in [5.41, 5.74) is 2.86. The van der Waals surface area contributed by atoms with Crippen LogP contribution in [0.2, 0.25) is 0 Å². The molecule has 5 heteroatoms. The average molecular weight is 318 g/mol. The Kier molecular flexibility index (Phi) is 4.97. The summed E-state index contributed by atoms with van der Waals surface area (Å²) in [5, 5.41) is 2.85. The van der Waals surface area contributed by atoms with Gasteiger partial charge in [-0.1, -0.05) is 12.1 Å². The molecule has 2 rings (SSSR count). The van der Waals surface area contributed by atoms with Crippen LogP contribution in [0.25, 0.3) is 0 Å². The molecule has 0 saturated heterocycles. The molecule has 23 heavy (non-hydrogen) atoms. The second-order valence-corrected chi connectivity index (χ2v) is 7.14. The van der Waals surface area contributed by atoms with Crippen molar-refractivity contribution in [1.29, 1.82) is 0 Å². The largest absolute Gasteiger partial charge is 0.444 e. The third kappa shape index (κ3) is 4.71. The van der Waals surface area contributed by atoms with Gasteiger partial charge in [-0.2, -0.15) is 0 Å². The molecule has 0 saturated carbocycles. The lowest BCUT2D eigenvalue weighted by atomic mass is 10.0. The molecule has 0 radical (unpaired) electrons. The van der Waals surface area contributed by atoms with E-state index in [1.807, 2.05) is 44.7 Å². The topological polar surface area (TPSA) is 58.6 Å². The molecule has 1 aromatic rings. The molecule has 1 heterocycles. The van der Waals surface area contributed by atoms with E-state index in [4.69, 9.17) is 4.74 Å². The molecule has 2 amide bonds. The number of nitrogens with one attached hydrogen (secondary N) is 1. The maximum atomic E-state index is 11.8. The van der Waals surface area contributed by atoms with Gasteiger partial charge < -0.3 is 15.0 Å². The molecule has 0 spiro atoms. The molecule has 1 atom stereocenters. The van der Waals surface area contributed by atoms with Crippen molar-refractivity contribution in [2.45, 2.75) is 59.1 Å². The zero-order valence-electron chi connectivity index (χ0n) is 14.6. The zero-order chi connectivity index (χ0) is 17.2. The fourth-order valence-corrected chi connectivity index (χ4v) is 2.82. The molecule has 0 aliphatic carbocycles. The van der Waals surface area contributed by atoms with Crippen molar-refractivity contribution in [3.8, 4) is 0 Å². The van der Waals surface area contributed by atoms with Crippen molar-refractivity contribution in [3.63, 3.8) is 0 Å². The molecule has 1 aliphatic heterocycles. The minimum atomic E-state index is -0.493. The van der Waals surface area contributed by atoms with Gasteiger partial charge in [0.15, 0.2) is 0 Å². The van der Waals surface area contributed by atoms with E-state index in [1.165, 1.54) is 5.56 Å². The van der Waals surface area contributed by atoms with Crippen molar-refractivity contribution < 1.29 is 14.3 Å². The van der Waals surface area contributed by atoms with Crippen molar-refractivity contribution >= 4 is 17.7 Å². The van der Waals surface area contributed by atoms with Crippen molar-refractivity contribution in [1.82, 2.24) is 5.32 Å². The Hall–Kier alpha value is -2.04. The van der Waals surface area contributed by atoms with Gasteiger partial charge in [0.25, 0.3) is 0 Å². The van der Waals surface area contributed by atoms with Crippen LogP contribution in [0.5, 0.6) is 0 Å². The van der Waals surface area contributed by atoms with Gasteiger partial charge in [-0.25, -0.2) is 4.79 Å². The summed E-state index contributed by atoms with van der Waals surface area (Å²) in [6.07, 6.45) is 1.22. The average Bonchev–Trinajstić information content (AvgIpc) is 2.78. The van der Waals surface area contributed by atoms with E-state index in [0.717, 1.165) is 30.6 Å². The number of carbonyl (C=O) groups excluding carboxylic acids is 2. The molecule has 1 aromatic carbocycles. The minimum Gasteiger partial charge on any atom is -0.444 e. The third-order valence-corrected chi connectivity index (χ3v) is 3.72. The Balaban J connectivity index is 1.96. The molecule has 126 valence electrons. The molecule has 1 unspecified atom stereocenters. The monoisotopic (exact) mass is 318 g/mol. The number of ether oxygens (including phenoxy) is 1. The highest BCUT2D eigenvalue weighted by Gasteiger charge is 2.23. The fourth-order valence-electron chi connectivity index (χ4n) is 2.82. The molecule has 0 bridgehead atoms. The van der Waals surface area contributed by atoms with Crippen molar-refractivity contribution in [2.75, 3.05) is 11.4 Å². The highest BCUT2D eigenvalue weighted by Crippen LogP contribution is 2.29. The Morgan fingerprint density at radius 1 is 1.35 bits per heavy atom. The molecule has 0 fully saturated rings. The van der Waals surface area contributed by atoms with Crippen LogP contribution in [0, 0.1) is 0 Å². The SMILES string of the molecule is CC(=O)N1CCc2cc(CC(C)NC(=O)OC(C)(C)C)ccc21. The summed E-state index contributed by atoms with van der Waals surface area (Å²) in [4.78, 5) is 25.2. The minimum absolute atomic E-state index is 0.0202. The highest BCUT2D eigenvalue weighted by atomic mass is 16.6. The van der Waals surface area contributed by atoms with E-state index in [-0.39, 0.29) is 11.9 Å². The van der Waals surface area contributed by atoms with E-state index in [1.54, 1.807) is 6.92 Å². The van der Waals surface area contributed by atoms with Crippen LogP contribution in [0.1, 0.15) is 45.7 Å². The first-order chi connectivity index (χ1) is 10.7. The van der Waals surface area contributed by atoms with E-state index in [0.29, 0.717) is 0 Å². The zero-order valence-corrected chi connectivity index (χ0v) is 14.6. The highest BCUT2D eigenvalue weighted by molar-refractivity contribution is 5.93. The first kappa shape index (κ1) is 17.3. The lowest BCUT2D eigenvalue weighted by Crippen LogP contribution is -2.38. The molecular weight excluding hydrogens is 292 g/mol. The van der Waals surface area contributed by atoms with Crippen LogP contribution in [-0.2, 0) is 22.4 Å². The normalized spacial score (nSPS) is 15.1. The Morgan fingerprint density at radius 2 is 2.04 bits per heavy atom. The van der Waals surface area contributed by atoms with Gasteiger partial charge in [0.05, 0.1) is 0 Å². The number of nitrogens with zero attached hydrogens (tertiary/aromatic N) is 1. The second-order valence-electron chi connectivity index (χ2n) is 7.14. The summed E-state index contributed by atoms with van der Waals surface area (Å²) >= 11 is 0. The van der Waals surface area contributed by atoms with Gasteiger partial charge in [-0.05, 0) is 57.7 Å². The van der Waals surface area contributed by atoms with Crippen LogP contribution in [-0.4, -0.2) is 30.2 Å². The Labute approximate surface area is 138 Å². The van der Waals surface area contributed by atoms with Crippen LogP contribution in [0.4, 0.5) is 10.5 Å². The Bertz CT molecular complexity index is 605. The summed E-state index contributed by atoms with van der Waals surface area (Å²) in [6, 6.07) is 6.13. The van der Waals surface area contributed by atoms with Gasteiger partial charge >= 0.3 is 6.09 Å². The molecule has 5 nitrogen and oxygen atoms in total. The number of hydrogen-bond donors (Lipinski definition) is 1. The number of alkyl carbamates (subject to hydrolysis) is 1. The first-order valence-corrected chi connectivity index (χ1v) is 8.05. The Morgan fingerprint density at radius 3 is 2.65 bits per heavy atom. The number of fused-ring (bicyclic) bond motifs is 1. The standard InChI is InChI=1S/C18H26N2O3/c1-12(19-17(22)23-18(3,4)5)10-14-6-7-16-15(11-14)8-9-20(16)13(2)21/h6-7,11-12H,8-10H2,1-5H3,(H,19,22).